The SMILES string of the molecule is CC1(C)CC(=O)N(CCN2CCN(c3n[nH]c4ccccc34)CC2)c2ccccc21. The molecule has 0 unspecified atom stereocenters. The number of para-hydroxylation sites is 2. The average Bonchev–Trinajstić information content (AvgIpc) is 3.18. The summed E-state index contributed by atoms with van der Waals surface area (Å²) in [5, 5.41) is 8.86. The summed E-state index contributed by atoms with van der Waals surface area (Å²) in [6.45, 7) is 9.84. The number of hydrogen-bond acceptors (Lipinski definition) is 4. The molecule has 3 heterocycles. The minimum Gasteiger partial charge on any atom is -0.352 e. The molecule has 6 nitrogen and oxygen atoms in total. The zero-order valence-electron chi connectivity index (χ0n) is 17.8. The van der Waals surface area contributed by atoms with Crippen molar-refractivity contribution >= 4 is 28.3 Å². The molecule has 3 aromatic rings. The highest BCUT2D eigenvalue weighted by Crippen LogP contribution is 2.39. The van der Waals surface area contributed by atoms with Crippen LogP contribution in [-0.4, -0.2) is 60.3 Å². The molecule has 0 saturated carbocycles. The lowest BCUT2D eigenvalue weighted by Gasteiger charge is -2.40. The average molecular weight is 404 g/mol. The number of H-pyrrole nitrogens is 1. The van der Waals surface area contributed by atoms with Gasteiger partial charge >= 0.3 is 0 Å². The number of fused-ring (bicyclic) bond motifs is 2. The van der Waals surface area contributed by atoms with Crippen molar-refractivity contribution in [2.45, 2.75) is 25.7 Å². The van der Waals surface area contributed by atoms with Gasteiger partial charge in [0.05, 0.1) is 5.52 Å². The highest BCUT2D eigenvalue weighted by Gasteiger charge is 2.36. The van der Waals surface area contributed by atoms with Crippen molar-refractivity contribution in [2.24, 2.45) is 0 Å². The summed E-state index contributed by atoms with van der Waals surface area (Å²) in [7, 11) is 0. The van der Waals surface area contributed by atoms with Crippen molar-refractivity contribution < 1.29 is 4.79 Å². The second-order valence-electron chi connectivity index (χ2n) is 9.04. The van der Waals surface area contributed by atoms with Gasteiger partial charge in [0, 0.05) is 62.2 Å². The van der Waals surface area contributed by atoms with Crippen LogP contribution in [0.15, 0.2) is 48.5 Å². The van der Waals surface area contributed by atoms with E-state index in [2.05, 4.69) is 70.2 Å². The minimum absolute atomic E-state index is 0.0951. The van der Waals surface area contributed by atoms with Gasteiger partial charge in [-0.3, -0.25) is 14.8 Å². The molecule has 0 radical (unpaired) electrons. The minimum atomic E-state index is -0.0951. The molecule has 0 bridgehead atoms. The van der Waals surface area contributed by atoms with Crippen LogP contribution in [0.25, 0.3) is 10.9 Å². The Kier molecular flexibility index (Phi) is 4.74. The third-order valence-electron chi connectivity index (χ3n) is 6.58. The van der Waals surface area contributed by atoms with Crippen molar-refractivity contribution in [3.8, 4) is 0 Å². The summed E-state index contributed by atoms with van der Waals surface area (Å²) in [6.07, 6.45) is 0.573. The maximum absolute atomic E-state index is 12.9. The van der Waals surface area contributed by atoms with Gasteiger partial charge in [0.2, 0.25) is 5.91 Å². The number of piperazine rings is 1. The maximum atomic E-state index is 12.9. The second kappa shape index (κ2) is 7.43. The topological polar surface area (TPSA) is 55.5 Å². The van der Waals surface area contributed by atoms with Crippen LogP contribution in [0.3, 0.4) is 0 Å². The van der Waals surface area contributed by atoms with E-state index in [1.807, 2.05) is 17.0 Å². The van der Waals surface area contributed by atoms with Gasteiger partial charge in [-0.2, -0.15) is 5.10 Å². The molecule has 1 amide bonds. The Balaban J connectivity index is 1.23. The molecule has 1 aromatic heterocycles. The lowest BCUT2D eigenvalue weighted by molar-refractivity contribution is -0.120. The molecule has 30 heavy (non-hydrogen) atoms. The Hall–Kier alpha value is -2.86. The molecule has 1 fully saturated rings. The number of amides is 1. The van der Waals surface area contributed by atoms with Crippen molar-refractivity contribution in [1.29, 1.82) is 0 Å². The molecule has 0 aliphatic carbocycles. The van der Waals surface area contributed by atoms with E-state index in [-0.39, 0.29) is 11.3 Å². The van der Waals surface area contributed by atoms with E-state index >= 15 is 0 Å². The number of carbonyl (C=O) groups is 1. The van der Waals surface area contributed by atoms with Crippen LogP contribution in [0.5, 0.6) is 0 Å². The zero-order valence-corrected chi connectivity index (χ0v) is 17.8. The lowest BCUT2D eigenvalue weighted by atomic mass is 9.77. The monoisotopic (exact) mass is 403 g/mol. The fourth-order valence-corrected chi connectivity index (χ4v) is 4.84. The van der Waals surface area contributed by atoms with E-state index in [4.69, 9.17) is 0 Å². The largest absolute Gasteiger partial charge is 0.352 e. The molecule has 156 valence electrons. The van der Waals surface area contributed by atoms with Gasteiger partial charge in [-0.25, -0.2) is 0 Å². The van der Waals surface area contributed by atoms with Crippen LogP contribution in [0.1, 0.15) is 25.8 Å². The zero-order chi connectivity index (χ0) is 20.7. The third kappa shape index (κ3) is 3.35. The summed E-state index contributed by atoms with van der Waals surface area (Å²) in [4.78, 5) is 19.7. The highest BCUT2D eigenvalue weighted by atomic mass is 16.2. The van der Waals surface area contributed by atoms with Crippen molar-refractivity contribution in [1.82, 2.24) is 15.1 Å². The number of benzene rings is 2. The standard InChI is InChI=1S/C24H29N5O/c1-24(2)17-22(30)29(21-10-6-4-8-19(21)24)16-13-27-11-14-28(15-12-27)23-18-7-3-5-9-20(18)25-26-23/h3-10H,11-17H2,1-2H3,(H,25,26). The molecule has 0 spiro atoms. The molecule has 0 atom stereocenters. The van der Waals surface area contributed by atoms with E-state index in [0.29, 0.717) is 6.42 Å². The van der Waals surface area contributed by atoms with Crippen LogP contribution in [0.2, 0.25) is 0 Å². The van der Waals surface area contributed by atoms with Crippen LogP contribution in [0.4, 0.5) is 11.5 Å². The van der Waals surface area contributed by atoms with E-state index in [1.54, 1.807) is 0 Å². The Labute approximate surface area is 177 Å². The number of anilines is 2. The first-order valence-electron chi connectivity index (χ1n) is 10.8. The number of nitrogens with zero attached hydrogens (tertiary/aromatic N) is 4. The van der Waals surface area contributed by atoms with Crippen LogP contribution in [0, 0.1) is 0 Å². The Morgan fingerprint density at radius 1 is 0.967 bits per heavy atom. The van der Waals surface area contributed by atoms with Crippen LogP contribution >= 0.6 is 0 Å². The third-order valence-corrected chi connectivity index (χ3v) is 6.58. The van der Waals surface area contributed by atoms with Gasteiger partial charge in [-0.15, -0.1) is 0 Å². The summed E-state index contributed by atoms with van der Waals surface area (Å²) < 4.78 is 0. The predicted molar refractivity (Wildman–Crippen MR) is 121 cm³/mol. The van der Waals surface area contributed by atoms with E-state index in [9.17, 15) is 4.79 Å². The molecule has 1 N–H and O–H groups in total. The Bertz CT molecular complexity index is 1060. The normalized spacial score (nSPS) is 19.3. The summed E-state index contributed by atoms with van der Waals surface area (Å²) in [6, 6.07) is 16.7. The van der Waals surface area contributed by atoms with Crippen molar-refractivity contribution in [3.05, 3.63) is 54.1 Å². The molecule has 5 rings (SSSR count). The van der Waals surface area contributed by atoms with Crippen LogP contribution < -0.4 is 9.80 Å². The maximum Gasteiger partial charge on any atom is 0.227 e. The number of aromatic amines is 1. The molecule has 1 saturated heterocycles. The van der Waals surface area contributed by atoms with Crippen LogP contribution in [-0.2, 0) is 10.2 Å². The van der Waals surface area contributed by atoms with E-state index < -0.39 is 0 Å². The summed E-state index contributed by atoms with van der Waals surface area (Å²) >= 11 is 0. The van der Waals surface area contributed by atoms with Gasteiger partial charge in [-0.1, -0.05) is 44.2 Å². The number of hydrogen-bond donors (Lipinski definition) is 1. The number of aromatic nitrogens is 2. The summed E-state index contributed by atoms with van der Waals surface area (Å²) in [5.74, 6) is 1.29. The molecule has 2 aliphatic heterocycles. The fraction of sp³-hybridized carbons (Fsp3) is 0.417. The smallest absolute Gasteiger partial charge is 0.227 e. The van der Waals surface area contributed by atoms with Gasteiger partial charge in [-0.05, 0) is 23.8 Å². The first kappa shape index (κ1) is 19.1. The molecular formula is C24H29N5O. The molecule has 2 aliphatic rings. The highest BCUT2D eigenvalue weighted by molar-refractivity contribution is 5.97. The van der Waals surface area contributed by atoms with Crippen molar-refractivity contribution in [3.63, 3.8) is 0 Å². The number of nitrogens with one attached hydrogen (secondary N) is 1. The lowest BCUT2D eigenvalue weighted by Crippen LogP contribution is -2.50. The predicted octanol–water partition coefficient (Wildman–Crippen LogP) is 3.40. The Morgan fingerprint density at radius 2 is 1.70 bits per heavy atom. The fourth-order valence-electron chi connectivity index (χ4n) is 4.84. The number of carbonyl (C=O) groups excluding carboxylic acids is 1. The van der Waals surface area contributed by atoms with Gasteiger partial charge in [0.15, 0.2) is 5.82 Å². The first-order valence-corrected chi connectivity index (χ1v) is 10.8. The van der Waals surface area contributed by atoms with Crippen molar-refractivity contribution in [2.75, 3.05) is 49.1 Å². The quantitative estimate of drug-likeness (QED) is 0.725. The second-order valence-corrected chi connectivity index (χ2v) is 9.04. The van der Waals surface area contributed by atoms with E-state index in [0.717, 1.165) is 56.3 Å². The Morgan fingerprint density at radius 3 is 2.53 bits per heavy atom. The number of rotatable bonds is 4. The van der Waals surface area contributed by atoms with E-state index in [1.165, 1.54) is 10.9 Å². The first-order chi connectivity index (χ1) is 14.5. The summed E-state index contributed by atoms with van der Waals surface area (Å²) in [5.41, 5.74) is 3.35. The molecule has 6 heteroatoms. The van der Waals surface area contributed by atoms with Gasteiger partial charge in [0.1, 0.15) is 0 Å². The van der Waals surface area contributed by atoms with Gasteiger partial charge in [0.25, 0.3) is 0 Å². The molecule has 2 aromatic carbocycles. The van der Waals surface area contributed by atoms with Gasteiger partial charge < -0.3 is 9.80 Å². The molecular weight excluding hydrogens is 374 g/mol.